The maximum absolute atomic E-state index is 12.7. The number of nitrogens with zero attached hydrogens (tertiary/aromatic N) is 1. The third kappa shape index (κ3) is 4.11. The molecule has 1 aliphatic rings. The van der Waals surface area contributed by atoms with E-state index >= 15 is 0 Å². The highest BCUT2D eigenvalue weighted by Gasteiger charge is 2.26. The number of nitrogens with one attached hydrogen (secondary N) is 1. The summed E-state index contributed by atoms with van der Waals surface area (Å²) in [6.45, 7) is 2.49. The lowest BCUT2D eigenvalue weighted by Gasteiger charge is -2.35. The first-order chi connectivity index (χ1) is 13.7. The molecular formula is C23H24N2O2S. The van der Waals surface area contributed by atoms with Crippen molar-refractivity contribution < 1.29 is 9.53 Å². The van der Waals surface area contributed by atoms with Crippen LogP contribution in [0.1, 0.15) is 32.4 Å². The van der Waals surface area contributed by atoms with Gasteiger partial charge in [0.1, 0.15) is 5.75 Å². The molecule has 0 spiro atoms. The zero-order valence-electron chi connectivity index (χ0n) is 15.9. The normalized spacial score (nSPS) is 14.9. The second-order valence-electron chi connectivity index (χ2n) is 6.96. The van der Waals surface area contributed by atoms with Crippen LogP contribution in [0, 0.1) is 0 Å². The Balaban J connectivity index is 1.49. The molecule has 2 aromatic carbocycles. The monoisotopic (exact) mass is 392 g/mol. The predicted molar refractivity (Wildman–Crippen MR) is 113 cm³/mol. The number of rotatable bonds is 6. The van der Waals surface area contributed by atoms with Crippen molar-refractivity contribution in [3.63, 3.8) is 0 Å². The van der Waals surface area contributed by atoms with Crippen molar-refractivity contribution >= 4 is 17.2 Å². The van der Waals surface area contributed by atoms with E-state index in [-0.39, 0.29) is 11.9 Å². The van der Waals surface area contributed by atoms with Crippen LogP contribution in [0.15, 0.2) is 66.0 Å². The Bertz CT molecular complexity index is 939. The number of benzene rings is 2. The molecule has 0 bridgehead atoms. The van der Waals surface area contributed by atoms with Crippen molar-refractivity contribution in [2.45, 2.75) is 19.0 Å². The van der Waals surface area contributed by atoms with Crippen molar-refractivity contribution in [1.29, 1.82) is 0 Å². The molecule has 3 aromatic rings. The molecule has 1 amide bonds. The molecule has 5 heteroatoms. The molecule has 2 heterocycles. The average molecular weight is 393 g/mol. The number of fused-ring (bicyclic) bond motifs is 1. The third-order valence-electron chi connectivity index (χ3n) is 5.26. The summed E-state index contributed by atoms with van der Waals surface area (Å²) in [5, 5.41) is 5.23. The maximum atomic E-state index is 12.7. The minimum atomic E-state index is -0.0714. The van der Waals surface area contributed by atoms with Crippen LogP contribution in [0.25, 0.3) is 0 Å². The Morgan fingerprint density at radius 1 is 1.14 bits per heavy atom. The van der Waals surface area contributed by atoms with Crippen LogP contribution in [0.2, 0.25) is 0 Å². The largest absolute Gasteiger partial charge is 0.497 e. The number of thiophene rings is 1. The molecule has 0 unspecified atom stereocenters. The van der Waals surface area contributed by atoms with E-state index in [9.17, 15) is 4.79 Å². The molecule has 4 rings (SSSR count). The minimum Gasteiger partial charge on any atom is -0.497 e. The number of hydrogen-bond donors (Lipinski definition) is 1. The topological polar surface area (TPSA) is 41.6 Å². The number of hydrogen-bond acceptors (Lipinski definition) is 4. The second kappa shape index (κ2) is 8.59. The van der Waals surface area contributed by atoms with E-state index < -0.39 is 0 Å². The van der Waals surface area contributed by atoms with Gasteiger partial charge in [-0.1, -0.05) is 36.4 Å². The van der Waals surface area contributed by atoms with Crippen LogP contribution in [0.3, 0.4) is 0 Å². The zero-order chi connectivity index (χ0) is 19.3. The smallest absolute Gasteiger partial charge is 0.251 e. The molecule has 4 nitrogen and oxygen atoms in total. The Hall–Kier alpha value is -2.63. The molecule has 1 aliphatic heterocycles. The highest BCUT2D eigenvalue weighted by Crippen LogP contribution is 2.30. The molecule has 0 saturated carbocycles. The van der Waals surface area contributed by atoms with Gasteiger partial charge in [-0.2, -0.15) is 0 Å². The van der Waals surface area contributed by atoms with Crippen molar-refractivity contribution in [3.05, 3.63) is 87.6 Å². The van der Waals surface area contributed by atoms with Crippen molar-refractivity contribution in [2.75, 3.05) is 20.2 Å². The van der Waals surface area contributed by atoms with Crippen LogP contribution >= 0.6 is 11.3 Å². The van der Waals surface area contributed by atoms with Gasteiger partial charge >= 0.3 is 0 Å². The standard InChI is InChI=1S/C23H24N2O2S/c1-27-20-9-4-8-18(14-20)23(26)24-15-21(22-10-5-13-28-22)25-12-11-17-6-2-3-7-19(17)16-25/h2-10,13-14,21H,11-12,15-16H2,1H3,(H,24,26)/t21-/m0/s1. The highest BCUT2D eigenvalue weighted by atomic mass is 32.1. The van der Waals surface area contributed by atoms with E-state index in [1.165, 1.54) is 16.0 Å². The summed E-state index contributed by atoms with van der Waals surface area (Å²) < 4.78 is 5.23. The van der Waals surface area contributed by atoms with E-state index in [0.717, 1.165) is 19.5 Å². The first kappa shape index (κ1) is 18.7. The summed E-state index contributed by atoms with van der Waals surface area (Å²) in [6.07, 6.45) is 1.04. The molecule has 1 N–H and O–H groups in total. The summed E-state index contributed by atoms with van der Waals surface area (Å²) >= 11 is 1.75. The lowest BCUT2D eigenvalue weighted by atomic mass is 9.98. The van der Waals surface area contributed by atoms with Gasteiger partial charge in [-0.05, 0) is 47.2 Å². The molecule has 0 radical (unpaired) electrons. The molecule has 144 valence electrons. The maximum Gasteiger partial charge on any atom is 0.251 e. The van der Waals surface area contributed by atoms with E-state index in [2.05, 4.69) is 52.0 Å². The Morgan fingerprint density at radius 3 is 2.79 bits per heavy atom. The van der Waals surface area contributed by atoms with Gasteiger partial charge < -0.3 is 10.1 Å². The SMILES string of the molecule is COc1cccc(C(=O)NC[C@@H](c2cccs2)N2CCc3ccccc3C2)c1. The van der Waals surface area contributed by atoms with Crippen molar-refractivity contribution in [3.8, 4) is 5.75 Å². The van der Waals surface area contributed by atoms with Gasteiger partial charge in [0.25, 0.3) is 5.91 Å². The fourth-order valence-electron chi connectivity index (χ4n) is 3.73. The van der Waals surface area contributed by atoms with E-state index in [4.69, 9.17) is 4.74 Å². The number of carbonyl (C=O) groups is 1. The lowest BCUT2D eigenvalue weighted by Crippen LogP contribution is -2.40. The Morgan fingerprint density at radius 2 is 2.00 bits per heavy atom. The van der Waals surface area contributed by atoms with Gasteiger partial charge in [0.2, 0.25) is 0 Å². The summed E-state index contributed by atoms with van der Waals surface area (Å²) in [6, 6.07) is 20.3. The molecule has 1 aromatic heterocycles. The van der Waals surface area contributed by atoms with Gasteiger partial charge in [0, 0.05) is 30.1 Å². The first-order valence-electron chi connectivity index (χ1n) is 9.51. The van der Waals surface area contributed by atoms with Crippen molar-refractivity contribution in [2.24, 2.45) is 0 Å². The summed E-state index contributed by atoms with van der Waals surface area (Å²) in [7, 11) is 1.61. The van der Waals surface area contributed by atoms with E-state index in [1.807, 2.05) is 18.2 Å². The van der Waals surface area contributed by atoms with E-state index in [0.29, 0.717) is 17.9 Å². The quantitative estimate of drug-likeness (QED) is 0.681. The summed E-state index contributed by atoms with van der Waals surface area (Å²) in [5.41, 5.74) is 3.44. The average Bonchev–Trinajstić information content (AvgIpc) is 3.28. The first-order valence-corrected chi connectivity index (χ1v) is 10.4. The van der Waals surface area contributed by atoms with Crippen LogP contribution in [0.5, 0.6) is 5.75 Å². The van der Waals surface area contributed by atoms with Gasteiger partial charge in [-0.3, -0.25) is 9.69 Å². The van der Waals surface area contributed by atoms with Gasteiger partial charge in [-0.15, -0.1) is 11.3 Å². The lowest BCUT2D eigenvalue weighted by molar-refractivity contribution is 0.0928. The molecule has 0 saturated heterocycles. The Labute approximate surface area is 169 Å². The Kier molecular flexibility index (Phi) is 5.74. The molecule has 0 aliphatic carbocycles. The fraction of sp³-hybridized carbons (Fsp3) is 0.261. The molecule has 28 heavy (non-hydrogen) atoms. The van der Waals surface area contributed by atoms with E-state index in [1.54, 1.807) is 24.5 Å². The fourth-order valence-corrected chi connectivity index (χ4v) is 4.59. The van der Waals surface area contributed by atoms with Gasteiger partial charge in [-0.25, -0.2) is 0 Å². The predicted octanol–water partition coefficient (Wildman–Crippen LogP) is 4.29. The number of ether oxygens (including phenoxy) is 1. The van der Waals surface area contributed by atoms with Gasteiger partial charge in [0.15, 0.2) is 0 Å². The molecular weight excluding hydrogens is 368 g/mol. The van der Waals surface area contributed by atoms with Crippen LogP contribution in [-0.4, -0.2) is 31.0 Å². The number of methoxy groups -OCH3 is 1. The highest BCUT2D eigenvalue weighted by molar-refractivity contribution is 7.10. The zero-order valence-corrected chi connectivity index (χ0v) is 16.7. The van der Waals surface area contributed by atoms with Gasteiger partial charge in [0.05, 0.1) is 13.2 Å². The van der Waals surface area contributed by atoms with Crippen LogP contribution in [-0.2, 0) is 13.0 Å². The third-order valence-corrected chi connectivity index (χ3v) is 6.23. The summed E-state index contributed by atoms with van der Waals surface area (Å²) in [4.78, 5) is 16.4. The molecule has 1 atom stereocenters. The summed E-state index contributed by atoms with van der Waals surface area (Å²) in [5.74, 6) is 0.618. The minimum absolute atomic E-state index is 0.0714. The second-order valence-corrected chi connectivity index (χ2v) is 7.94. The molecule has 0 fully saturated rings. The number of amides is 1. The van der Waals surface area contributed by atoms with Crippen molar-refractivity contribution in [1.82, 2.24) is 10.2 Å². The van der Waals surface area contributed by atoms with Crippen LogP contribution in [0.4, 0.5) is 0 Å². The van der Waals surface area contributed by atoms with Crippen LogP contribution < -0.4 is 10.1 Å². The number of carbonyl (C=O) groups excluding carboxylic acids is 1.